The normalized spacial score (nSPS) is 20.1. The minimum absolute atomic E-state index is 0.192. The molecule has 3 heterocycles. The molecule has 72 heavy (non-hydrogen) atoms. The van der Waals surface area contributed by atoms with E-state index in [-0.39, 0.29) is 43.3 Å². The average Bonchev–Trinajstić information content (AvgIpc) is 3.95. The van der Waals surface area contributed by atoms with Crippen LogP contribution in [0.2, 0.25) is 0 Å². The third-order valence-electron chi connectivity index (χ3n) is 15.4. The van der Waals surface area contributed by atoms with Crippen molar-refractivity contribution in [3.8, 4) is 0 Å². The first-order valence-electron chi connectivity index (χ1n) is 26.7. The molecule has 8 bridgehead atoms. The molecule has 0 amide bonds. The summed E-state index contributed by atoms with van der Waals surface area (Å²) in [5.74, 6) is 2.91. The van der Waals surface area contributed by atoms with Crippen LogP contribution in [0.15, 0.2) is 78.5 Å². The molecule has 0 radical (unpaired) electrons. The zero-order valence-corrected chi connectivity index (χ0v) is 48.7. The fourth-order valence-electron chi connectivity index (χ4n) is 11.9. The molecule has 9 rings (SSSR count). The first kappa shape index (κ1) is 51.5. The van der Waals surface area contributed by atoms with Crippen molar-refractivity contribution in [3.63, 3.8) is 0 Å². The van der Waals surface area contributed by atoms with Crippen LogP contribution >= 0.6 is 0 Å². The van der Waals surface area contributed by atoms with Crippen LogP contribution in [-0.4, -0.2) is 34.8 Å². The molecular formula is C66H84N6. The standard InChI is InChI=1S/C66H84N6/c1-59(2,3)35-25-26-36(60(4,5)6)48-44-33-43(47(35)48)67-55-51-39(63(13,14)15)29-30-40(64(16,17)18)52(51)57(71-55)69-45-34-46(50-38(62(10,11)12)28-27-37(49(45)50)61(7,8)9)70-58-54-42(66(22,23)24)32-31-41(65(19,20)21)53(54)56(68-44)72-58/h25-32H,33-34H2,1-24H3/b67-43+,67-55?,68-44+,68-56?,69-45?,69-57-,70-46?,70-58-. The molecule has 378 valence electrons. The quantitative estimate of drug-likeness (QED) is 0.168. The molecule has 0 saturated carbocycles. The van der Waals surface area contributed by atoms with Gasteiger partial charge in [-0.15, -0.1) is 0 Å². The summed E-state index contributed by atoms with van der Waals surface area (Å²) in [6.07, 6.45) is 1.07. The molecule has 6 heteroatoms. The van der Waals surface area contributed by atoms with Crippen molar-refractivity contribution in [2.24, 2.45) is 30.0 Å². The number of aliphatic imine (C=N–C) groups is 6. The molecule has 4 aromatic rings. The van der Waals surface area contributed by atoms with Crippen molar-refractivity contribution in [3.05, 3.63) is 137 Å². The number of hydrogen-bond donors (Lipinski definition) is 0. The van der Waals surface area contributed by atoms with Gasteiger partial charge in [0.2, 0.25) is 0 Å². The van der Waals surface area contributed by atoms with Gasteiger partial charge in [-0.25, -0.2) is 30.0 Å². The van der Waals surface area contributed by atoms with E-state index in [4.69, 9.17) is 30.0 Å². The predicted molar refractivity (Wildman–Crippen MR) is 310 cm³/mol. The molecule has 0 unspecified atom stereocenters. The maximum Gasteiger partial charge on any atom is 0.162 e. The largest absolute Gasteiger partial charge is 0.232 e. The zero-order chi connectivity index (χ0) is 53.2. The molecule has 0 saturated heterocycles. The van der Waals surface area contributed by atoms with Crippen molar-refractivity contribution < 1.29 is 0 Å². The fraction of sp³-hybridized carbons (Fsp3) is 0.515. The van der Waals surface area contributed by atoms with Crippen LogP contribution < -0.4 is 10.4 Å². The third kappa shape index (κ3) is 8.58. The van der Waals surface area contributed by atoms with Gasteiger partial charge in [0.25, 0.3) is 0 Å². The summed E-state index contributed by atoms with van der Waals surface area (Å²) >= 11 is 0. The molecule has 0 aromatic heterocycles. The summed E-state index contributed by atoms with van der Waals surface area (Å²) in [4.78, 5) is 35.3. The highest BCUT2D eigenvalue weighted by Gasteiger charge is 2.42. The monoisotopic (exact) mass is 961 g/mol. The van der Waals surface area contributed by atoms with E-state index in [9.17, 15) is 0 Å². The van der Waals surface area contributed by atoms with E-state index < -0.39 is 0 Å². The van der Waals surface area contributed by atoms with Gasteiger partial charge in [-0.1, -0.05) is 215 Å². The lowest BCUT2D eigenvalue weighted by molar-refractivity contribution is 0.569. The van der Waals surface area contributed by atoms with Gasteiger partial charge >= 0.3 is 0 Å². The summed E-state index contributed by atoms with van der Waals surface area (Å²) in [6.45, 7) is 55.7. The Labute approximate surface area is 433 Å². The molecule has 6 nitrogen and oxygen atoms in total. The second kappa shape index (κ2) is 16.1. The van der Waals surface area contributed by atoms with Crippen LogP contribution in [0, 0.1) is 0 Å². The van der Waals surface area contributed by atoms with E-state index in [1.165, 1.54) is 66.1 Å². The highest BCUT2D eigenvalue weighted by atomic mass is 15.1. The van der Waals surface area contributed by atoms with E-state index in [0.29, 0.717) is 12.8 Å². The molecule has 2 aliphatic carbocycles. The summed E-state index contributed by atoms with van der Waals surface area (Å²) in [6, 6.07) is 18.8. The van der Waals surface area contributed by atoms with Gasteiger partial charge in [0.05, 0.1) is 22.8 Å². The van der Waals surface area contributed by atoms with E-state index >= 15 is 0 Å². The SMILES string of the molecule is CC(C)(C)c1ccc(C(C)(C)C)c2c1C1=NC/2=N\C2=c3c(C(C)(C)C)ccc(C(C)(C)C)c3=C(C2)/N=C2N=C(/N=C3\C/C(=N\1)c1c(C(C)(C)C)ccc(C(C)(C)C)c13)c1c(C(C)(C)C)ccc(C(C)(C)C)c1\2. The Morgan fingerprint density at radius 2 is 0.444 bits per heavy atom. The summed E-state index contributed by atoms with van der Waals surface area (Å²) in [7, 11) is 0. The lowest BCUT2D eigenvalue weighted by Crippen LogP contribution is -2.39. The van der Waals surface area contributed by atoms with Gasteiger partial charge in [0.1, 0.15) is 0 Å². The van der Waals surface area contributed by atoms with Crippen LogP contribution in [0.1, 0.15) is 257 Å². The van der Waals surface area contributed by atoms with Crippen molar-refractivity contribution in [2.75, 3.05) is 0 Å². The van der Waals surface area contributed by atoms with E-state index in [1.807, 2.05) is 0 Å². The number of fused-ring (bicyclic) bond motifs is 16. The Bertz CT molecular complexity index is 3150. The second-order valence-corrected chi connectivity index (χ2v) is 29.7. The predicted octanol–water partition coefficient (Wildman–Crippen LogP) is 14.8. The van der Waals surface area contributed by atoms with Gasteiger partial charge < -0.3 is 0 Å². The summed E-state index contributed by atoms with van der Waals surface area (Å²) in [5.41, 5.74) is 19.0. The van der Waals surface area contributed by atoms with Crippen LogP contribution in [0.4, 0.5) is 0 Å². The van der Waals surface area contributed by atoms with Gasteiger partial charge in [-0.3, -0.25) is 0 Å². The molecular weight excluding hydrogens is 877 g/mol. The van der Waals surface area contributed by atoms with E-state index in [2.05, 4.69) is 215 Å². The molecule has 0 N–H and O–H groups in total. The first-order valence-corrected chi connectivity index (χ1v) is 26.7. The van der Waals surface area contributed by atoms with Crippen LogP contribution in [0.3, 0.4) is 0 Å². The topological polar surface area (TPSA) is 74.2 Å². The fourth-order valence-corrected chi connectivity index (χ4v) is 11.9. The third-order valence-corrected chi connectivity index (χ3v) is 15.4. The molecule has 0 spiro atoms. The molecule has 3 aliphatic heterocycles. The minimum Gasteiger partial charge on any atom is -0.232 e. The summed E-state index contributed by atoms with van der Waals surface area (Å²) < 4.78 is 0. The van der Waals surface area contributed by atoms with Crippen molar-refractivity contribution >= 4 is 46.2 Å². The Morgan fingerprint density at radius 3 is 0.681 bits per heavy atom. The van der Waals surface area contributed by atoms with Crippen molar-refractivity contribution in [1.29, 1.82) is 0 Å². The number of amidine groups is 4. The minimum atomic E-state index is -0.210. The smallest absolute Gasteiger partial charge is 0.162 e. The van der Waals surface area contributed by atoms with E-state index in [1.54, 1.807) is 0 Å². The Hall–Kier alpha value is -5.36. The number of hydrogen-bond acceptors (Lipinski definition) is 6. The molecule has 4 aromatic carbocycles. The Morgan fingerprint density at radius 1 is 0.236 bits per heavy atom. The van der Waals surface area contributed by atoms with Gasteiger partial charge in [-0.2, -0.15) is 0 Å². The molecule has 0 fully saturated rings. The zero-order valence-electron chi connectivity index (χ0n) is 48.7. The maximum atomic E-state index is 5.95. The highest BCUT2D eigenvalue weighted by molar-refractivity contribution is 6.36. The number of nitrogens with zero attached hydrogens (tertiary/aromatic N) is 6. The van der Waals surface area contributed by atoms with E-state index in [0.717, 1.165) is 68.4 Å². The van der Waals surface area contributed by atoms with Crippen LogP contribution in [0.25, 0.3) is 11.4 Å². The molecule has 0 atom stereocenters. The van der Waals surface area contributed by atoms with Gasteiger partial charge in [0.15, 0.2) is 23.3 Å². The van der Waals surface area contributed by atoms with Crippen molar-refractivity contribution in [1.82, 2.24) is 0 Å². The van der Waals surface area contributed by atoms with Gasteiger partial charge in [0, 0.05) is 56.7 Å². The maximum absolute atomic E-state index is 5.95. The summed E-state index contributed by atoms with van der Waals surface area (Å²) in [5, 5.41) is 2.35. The Balaban J connectivity index is 1.57. The molecule has 5 aliphatic rings. The van der Waals surface area contributed by atoms with Crippen molar-refractivity contribution in [2.45, 2.75) is 222 Å². The lowest BCUT2D eigenvalue weighted by atomic mass is 9.76. The van der Waals surface area contributed by atoms with Crippen LogP contribution in [0.5, 0.6) is 0 Å². The first-order chi connectivity index (χ1) is 32.8. The number of rotatable bonds is 0. The number of benzene rings is 4. The van der Waals surface area contributed by atoms with Gasteiger partial charge in [-0.05, 0) is 87.8 Å². The average molecular weight is 961 g/mol. The second-order valence-electron chi connectivity index (χ2n) is 29.7. The Kier molecular flexibility index (Phi) is 11.5. The van der Waals surface area contributed by atoms with Crippen LogP contribution in [-0.2, 0) is 43.3 Å². The highest BCUT2D eigenvalue weighted by Crippen LogP contribution is 2.45. The lowest BCUT2D eigenvalue weighted by Gasteiger charge is -2.29.